The number of aromatic nitrogens is 1. The Hall–Kier alpha value is -3.42. The minimum atomic E-state index is -0.372. The van der Waals surface area contributed by atoms with Gasteiger partial charge in [0.1, 0.15) is 11.9 Å². The summed E-state index contributed by atoms with van der Waals surface area (Å²) in [6.07, 6.45) is 8.42. The summed E-state index contributed by atoms with van der Waals surface area (Å²) in [6.45, 7) is 2.14. The standard InChI is InChI=1S/C27H30FN3O4/c1-2-34-26(32)30-21-9-10-22-18(13-21)14-24-25(31-27(33)35-24)23(22)11-8-20-7-6-17(15-29-20)16-4-3-5-19(28)12-16/h3-8,11-12,15,18,21-25H,2,9-10,13-14H2,1H3,(H,30,32)(H,31,33)/t18-,21+,22+,23-,24-,25+/m0/s1. The summed E-state index contributed by atoms with van der Waals surface area (Å²) >= 11 is 0. The Bertz CT molecular complexity index is 1110. The van der Waals surface area contributed by atoms with Crippen LogP contribution < -0.4 is 10.6 Å². The largest absolute Gasteiger partial charge is 0.450 e. The molecule has 1 saturated heterocycles. The fraction of sp³-hybridized carbons (Fsp3) is 0.444. The van der Waals surface area contributed by atoms with Crippen molar-refractivity contribution in [3.05, 3.63) is 60.2 Å². The first kappa shape index (κ1) is 23.3. The third kappa shape index (κ3) is 5.16. The van der Waals surface area contributed by atoms with E-state index >= 15 is 0 Å². The molecule has 3 fully saturated rings. The molecular formula is C27H30FN3O4. The van der Waals surface area contributed by atoms with Crippen LogP contribution in [0.1, 0.15) is 38.3 Å². The number of benzene rings is 1. The average Bonchev–Trinajstić information content (AvgIpc) is 3.22. The number of ether oxygens (including phenoxy) is 2. The van der Waals surface area contributed by atoms with Gasteiger partial charge in [-0.25, -0.2) is 14.0 Å². The van der Waals surface area contributed by atoms with Crippen LogP contribution in [0.15, 0.2) is 48.7 Å². The molecule has 2 aromatic rings. The number of halogens is 1. The van der Waals surface area contributed by atoms with Crippen LogP contribution in [0.3, 0.4) is 0 Å². The first-order valence-electron chi connectivity index (χ1n) is 12.3. The first-order valence-corrected chi connectivity index (χ1v) is 12.3. The molecule has 1 aliphatic heterocycles. The lowest BCUT2D eigenvalue weighted by molar-refractivity contribution is 0.0181. The molecule has 2 saturated carbocycles. The lowest BCUT2D eigenvalue weighted by Gasteiger charge is -2.46. The maximum absolute atomic E-state index is 13.6. The third-order valence-corrected chi connectivity index (χ3v) is 7.46. The van der Waals surface area contributed by atoms with Gasteiger partial charge in [-0.15, -0.1) is 0 Å². The number of fused-ring (bicyclic) bond motifs is 2. The van der Waals surface area contributed by atoms with Crippen molar-refractivity contribution in [2.45, 2.75) is 50.8 Å². The molecule has 8 heteroatoms. The molecule has 184 valence electrons. The molecule has 2 heterocycles. The number of hydrogen-bond acceptors (Lipinski definition) is 5. The number of nitrogens with one attached hydrogen (secondary N) is 2. The van der Waals surface area contributed by atoms with E-state index in [9.17, 15) is 14.0 Å². The molecule has 2 N–H and O–H groups in total. The fourth-order valence-corrected chi connectivity index (χ4v) is 5.93. The van der Waals surface area contributed by atoms with E-state index < -0.39 is 0 Å². The molecule has 1 aromatic carbocycles. The highest BCUT2D eigenvalue weighted by atomic mass is 19.1. The molecule has 2 amide bonds. The third-order valence-electron chi connectivity index (χ3n) is 7.46. The minimum absolute atomic E-state index is 0.0681. The molecule has 2 aliphatic carbocycles. The number of rotatable bonds is 5. The van der Waals surface area contributed by atoms with Crippen LogP contribution in [0.4, 0.5) is 14.0 Å². The summed E-state index contributed by atoms with van der Waals surface area (Å²) in [5.41, 5.74) is 2.43. The number of carbonyl (C=O) groups excluding carboxylic acids is 2. The van der Waals surface area contributed by atoms with Crippen LogP contribution in [0.25, 0.3) is 17.2 Å². The Morgan fingerprint density at radius 2 is 2.14 bits per heavy atom. The maximum atomic E-state index is 13.6. The maximum Gasteiger partial charge on any atom is 0.407 e. The van der Waals surface area contributed by atoms with Crippen LogP contribution in [-0.4, -0.2) is 42.0 Å². The van der Waals surface area contributed by atoms with Gasteiger partial charge in [0.25, 0.3) is 0 Å². The zero-order valence-corrected chi connectivity index (χ0v) is 19.7. The number of alkyl carbamates (subject to hydrolysis) is 2. The van der Waals surface area contributed by atoms with Gasteiger partial charge in [0, 0.05) is 23.7 Å². The highest BCUT2D eigenvalue weighted by Crippen LogP contribution is 2.47. The van der Waals surface area contributed by atoms with Crippen LogP contribution in [0.5, 0.6) is 0 Å². The van der Waals surface area contributed by atoms with E-state index in [0.717, 1.165) is 42.5 Å². The summed E-state index contributed by atoms with van der Waals surface area (Å²) < 4.78 is 24.2. The second-order valence-corrected chi connectivity index (χ2v) is 9.57. The monoisotopic (exact) mass is 479 g/mol. The normalized spacial score (nSPS) is 29.6. The highest BCUT2D eigenvalue weighted by molar-refractivity contribution is 5.71. The van der Waals surface area contributed by atoms with Crippen LogP contribution in [0, 0.1) is 23.6 Å². The number of amides is 2. The van der Waals surface area contributed by atoms with Crippen LogP contribution >= 0.6 is 0 Å². The van der Waals surface area contributed by atoms with E-state index in [1.165, 1.54) is 12.1 Å². The van der Waals surface area contributed by atoms with E-state index in [0.29, 0.717) is 18.4 Å². The highest BCUT2D eigenvalue weighted by Gasteiger charge is 2.50. The molecule has 1 aromatic heterocycles. The van der Waals surface area contributed by atoms with Gasteiger partial charge < -0.3 is 20.1 Å². The van der Waals surface area contributed by atoms with E-state index in [1.54, 1.807) is 19.2 Å². The summed E-state index contributed by atoms with van der Waals surface area (Å²) in [5.74, 6) is 0.545. The zero-order valence-electron chi connectivity index (χ0n) is 19.7. The second kappa shape index (κ2) is 10.1. The lowest BCUT2D eigenvalue weighted by Crippen LogP contribution is -2.52. The van der Waals surface area contributed by atoms with Crippen molar-refractivity contribution in [3.8, 4) is 11.1 Å². The van der Waals surface area contributed by atoms with Crippen LogP contribution in [0.2, 0.25) is 0 Å². The van der Waals surface area contributed by atoms with Crippen molar-refractivity contribution in [1.29, 1.82) is 0 Å². The molecular weight excluding hydrogens is 449 g/mol. The van der Waals surface area contributed by atoms with E-state index in [-0.39, 0.29) is 42.1 Å². The Labute approximate surface area is 204 Å². The van der Waals surface area contributed by atoms with Gasteiger partial charge in [0.05, 0.1) is 18.3 Å². The van der Waals surface area contributed by atoms with Gasteiger partial charge in [0.15, 0.2) is 0 Å². The molecule has 35 heavy (non-hydrogen) atoms. The molecule has 0 radical (unpaired) electrons. The van der Waals surface area contributed by atoms with Crippen molar-refractivity contribution in [1.82, 2.24) is 15.6 Å². The van der Waals surface area contributed by atoms with Gasteiger partial charge >= 0.3 is 12.2 Å². The summed E-state index contributed by atoms with van der Waals surface area (Å²) in [5, 5.41) is 5.99. The molecule has 7 nitrogen and oxygen atoms in total. The quantitative estimate of drug-likeness (QED) is 0.635. The Morgan fingerprint density at radius 3 is 2.91 bits per heavy atom. The Kier molecular flexibility index (Phi) is 6.70. The molecule has 0 unspecified atom stereocenters. The molecule has 0 bridgehead atoms. The summed E-state index contributed by atoms with van der Waals surface area (Å²) in [7, 11) is 0. The lowest BCUT2D eigenvalue weighted by atomic mass is 9.62. The number of nitrogens with zero attached hydrogens (tertiary/aromatic N) is 1. The van der Waals surface area contributed by atoms with E-state index in [4.69, 9.17) is 9.47 Å². The number of carbonyl (C=O) groups is 2. The zero-order chi connectivity index (χ0) is 24.4. The smallest absolute Gasteiger partial charge is 0.407 e. The first-order chi connectivity index (χ1) is 17.0. The Morgan fingerprint density at radius 1 is 1.26 bits per heavy atom. The van der Waals surface area contributed by atoms with E-state index in [1.807, 2.05) is 24.3 Å². The molecule has 0 spiro atoms. The summed E-state index contributed by atoms with van der Waals surface area (Å²) in [4.78, 5) is 28.5. The van der Waals surface area contributed by atoms with Crippen LogP contribution in [-0.2, 0) is 9.47 Å². The number of hydrogen-bond donors (Lipinski definition) is 2. The topological polar surface area (TPSA) is 89.5 Å². The van der Waals surface area contributed by atoms with Gasteiger partial charge in [-0.1, -0.05) is 24.3 Å². The molecule has 3 aliphatic rings. The SMILES string of the molecule is CCOC(=O)N[C@@H]1CC[C@@H]2[C@@H](C1)C[C@@H]1OC(=O)N[C@@H]1[C@H]2C=Cc1ccc(-c2cccc(F)c2)cn1. The predicted octanol–water partition coefficient (Wildman–Crippen LogP) is 4.93. The van der Waals surface area contributed by atoms with Gasteiger partial charge in [-0.2, -0.15) is 0 Å². The second-order valence-electron chi connectivity index (χ2n) is 9.57. The van der Waals surface area contributed by atoms with Crippen molar-refractivity contribution < 1.29 is 23.5 Å². The number of pyridine rings is 1. The van der Waals surface area contributed by atoms with Crippen molar-refractivity contribution in [2.24, 2.45) is 17.8 Å². The molecule has 5 rings (SSSR count). The predicted molar refractivity (Wildman–Crippen MR) is 129 cm³/mol. The van der Waals surface area contributed by atoms with Gasteiger partial charge in [0.2, 0.25) is 0 Å². The minimum Gasteiger partial charge on any atom is -0.450 e. The average molecular weight is 480 g/mol. The van der Waals surface area contributed by atoms with Gasteiger partial charge in [-0.05, 0) is 74.3 Å². The summed E-state index contributed by atoms with van der Waals surface area (Å²) in [6, 6.07) is 10.3. The molecule has 6 atom stereocenters. The van der Waals surface area contributed by atoms with Gasteiger partial charge in [-0.3, -0.25) is 4.98 Å². The fourth-order valence-electron chi connectivity index (χ4n) is 5.93. The van der Waals surface area contributed by atoms with Crippen molar-refractivity contribution in [3.63, 3.8) is 0 Å². The van der Waals surface area contributed by atoms with E-state index in [2.05, 4.69) is 21.7 Å². The van der Waals surface area contributed by atoms with Crippen molar-refractivity contribution >= 4 is 18.3 Å². The Balaban J connectivity index is 1.31. The van der Waals surface area contributed by atoms with Crippen molar-refractivity contribution in [2.75, 3.05) is 6.61 Å².